The van der Waals surface area contributed by atoms with Gasteiger partial charge in [-0.25, -0.2) is 0 Å². The Kier molecular flexibility index (Phi) is 6.53. The van der Waals surface area contributed by atoms with Crippen LogP contribution in [0, 0.1) is 0 Å². The van der Waals surface area contributed by atoms with Crippen LogP contribution < -0.4 is 5.32 Å². The predicted molar refractivity (Wildman–Crippen MR) is 78.4 cm³/mol. The van der Waals surface area contributed by atoms with Crippen LogP contribution in [0.4, 0.5) is 5.69 Å². The number of carbonyl (C=O) groups is 1. The van der Waals surface area contributed by atoms with Crippen LogP contribution in [0.2, 0.25) is 0 Å². The second kappa shape index (κ2) is 7.92. The Labute approximate surface area is 115 Å². The molecule has 0 unspecified atom stereocenters. The van der Waals surface area contributed by atoms with Crippen LogP contribution in [-0.2, 0) is 4.79 Å². The van der Waals surface area contributed by atoms with E-state index >= 15 is 0 Å². The molecule has 0 bridgehead atoms. The number of carbonyl (C=O) groups excluding carboxylic acids is 1. The predicted octanol–water partition coefficient (Wildman–Crippen LogP) is 2.06. The summed E-state index contributed by atoms with van der Waals surface area (Å²) in [7, 11) is 1.89. The molecule has 4 heteroatoms. The Morgan fingerprint density at radius 2 is 2.11 bits per heavy atom. The number of aliphatic hydroxyl groups is 1. The zero-order chi connectivity index (χ0) is 14.3. The maximum atomic E-state index is 11.8. The molecule has 0 aliphatic rings. The SMILES string of the molecule is CC(C)c1cccc(NC(=O)CCN(C)CCO)c1. The molecule has 1 aromatic carbocycles. The molecular formula is C15H24N2O2. The minimum absolute atomic E-state index is 0.00527. The van der Waals surface area contributed by atoms with Crippen LogP contribution in [0.3, 0.4) is 0 Å². The largest absolute Gasteiger partial charge is 0.395 e. The molecule has 0 aromatic heterocycles. The summed E-state index contributed by atoms with van der Waals surface area (Å²) < 4.78 is 0. The number of aliphatic hydroxyl groups excluding tert-OH is 1. The van der Waals surface area contributed by atoms with Crippen molar-refractivity contribution in [3.63, 3.8) is 0 Å². The fourth-order valence-corrected chi connectivity index (χ4v) is 1.77. The molecule has 106 valence electrons. The Morgan fingerprint density at radius 1 is 1.37 bits per heavy atom. The smallest absolute Gasteiger partial charge is 0.225 e. The van der Waals surface area contributed by atoms with Crippen LogP contribution in [0.15, 0.2) is 24.3 Å². The number of rotatable bonds is 7. The van der Waals surface area contributed by atoms with E-state index in [-0.39, 0.29) is 12.5 Å². The van der Waals surface area contributed by atoms with Gasteiger partial charge < -0.3 is 15.3 Å². The van der Waals surface area contributed by atoms with Gasteiger partial charge >= 0.3 is 0 Å². The monoisotopic (exact) mass is 264 g/mol. The molecule has 0 spiro atoms. The maximum absolute atomic E-state index is 11.8. The first-order valence-electron chi connectivity index (χ1n) is 6.72. The lowest BCUT2D eigenvalue weighted by molar-refractivity contribution is -0.116. The first-order chi connectivity index (χ1) is 9.02. The van der Waals surface area contributed by atoms with E-state index in [1.807, 2.05) is 30.1 Å². The molecule has 0 saturated heterocycles. The third kappa shape index (κ3) is 5.85. The summed E-state index contributed by atoms with van der Waals surface area (Å²) >= 11 is 0. The van der Waals surface area contributed by atoms with E-state index in [2.05, 4.69) is 25.2 Å². The van der Waals surface area contributed by atoms with Gasteiger partial charge in [-0.05, 0) is 30.7 Å². The number of hydrogen-bond donors (Lipinski definition) is 2. The van der Waals surface area contributed by atoms with E-state index in [1.165, 1.54) is 5.56 Å². The summed E-state index contributed by atoms with van der Waals surface area (Å²) in [6.07, 6.45) is 0.433. The first-order valence-corrected chi connectivity index (χ1v) is 6.72. The minimum Gasteiger partial charge on any atom is -0.395 e. The summed E-state index contributed by atoms with van der Waals surface area (Å²) in [6, 6.07) is 7.94. The van der Waals surface area contributed by atoms with E-state index in [0.717, 1.165) is 5.69 Å². The highest BCUT2D eigenvalue weighted by atomic mass is 16.3. The lowest BCUT2D eigenvalue weighted by atomic mass is 10.0. The Hall–Kier alpha value is -1.39. The standard InChI is InChI=1S/C15H24N2O2/c1-12(2)13-5-4-6-14(11-13)16-15(19)7-8-17(3)9-10-18/h4-6,11-12,18H,7-10H2,1-3H3,(H,16,19). The van der Waals surface area contributed by atoms with Crippen molar-refractivity contribution in [2.45, 2.75) is 26.2 Å². The van der Waals surface area contributed by atoms with Crippen molar-refractivity contribution in [3.8, 4) is 0 Å². The molecular weight excluding hydrogens is 240 g/mol. The second-order valence-electron chi connectivity index (χ2n) is 5.11. The van der Waals surface area contributed by atoms with E-state index in [9.17, 15) is 4.79 Å². The number of nitrogens with one attached hydrogen (secondary N) is 1. The molecule has 0 heterocycles. The van der Waals surface area contributed by atoms with Gasteiger partial charge in [-0.15, -0.1) is 0 Å². The second-order valence-corrected chi connectivity index (χ2v) is 5.11. The van der Waals surface area contributed by atoms with Gasteiger partial charge in [0.1, 0.15) is 0 Å². The molecule has 0 aliphatic carbocycles. The fraction of sp³-hybridized carbons (Fsp3) is 0.533. The van der Waals surface area contributed by atoms with Crippen molar-refractivity contribution in [2.24, 2.45) is 0 Å². The quantitative estimate of drug-likeness (QED) is 0.792. The lowest BCUT2D eigenvalue weighted by Gasteiger charge is -2.15. The van der Waals surface area contributed by atoms with Crippen molar-refractivity contribution in [1.82, 2.24) is 4.90 Å². The number of anilines is 1. The Morgan fingerprint density at radius 3 is 2.74 bits per heavy atom. The van der Waals surface area contributed by atoms with Gasteiger partial charge in [0.05, 0.1) is 6.61 Å². The molecule has 0 atom stereocenters. The van der Waals surface area contributed by atoms with Gasteiger partial charge in [-0.1, -0.05) is 26.0 Å². The molecule has 0 fully saturated rings. The van der Waals surface area contributed by atoms with Crippen LogP contribution in [0.5, 0.6) is 0 Å². The Balaban J connectivity index is 2.46. The third-order valence-electron chi connectivity index (χ3n) is 3.04. The molecule has 0 saturated carbocycles. The van der Waals surface area contributed by atoms with Crippen molar-refractivity contribution < 1.29 is 9.90 Å². The van der Waals surface area contributed by atoms with Gasteiger partial charge in [0.25, 0.3) is 0 Å². The van der Waals surface area contributed by atoms with Crippen LogP contribution in [0.25, 0.3) is 0 Å². The highest BCUT2D eigenvalue weighted by molar-refractivity contribution is 5.90. The fourth-order valence-electron chi connectivity index (χ4n) is 1.77. The zero-order valence-corrected chi connectivity index (χ0v) is 12.0. The van der Waals surface area contributed by atoms with E-state index in [1.54, 1.807) is 0 Å². The normalized spacial score (nSPS) is 11.1. The van der Waals surface area contributed by atoms with E-state index < -0.39 is 0 Å². The highest BCUT2D eigenvalue weighted by Gasteiger charge is 2.06. The summed E-state index contributed by atoms with van der Waals surface area (Å²) in [6.45, 7) is 5.62. The molecule has 0 aliphatic heterocycles. The number of amides is 1. The Bertz CT molecular complexity index is 405. The summed E-state index contributed by atoms with van der Waals surface area (Å²) in [5, 5.41) is 11.7. The summed E-state index contributed by atoms with van der Waals surface area (Å²) in [5.41, 5.74) is 2.07. The molecule has 1 aromatic rings. The lowest BCUT2D eigenvalue weighted by Crippen LogP contribution is -2.26. The van der Waals surface area contributed by atoms with Gasteiger partial charge in [0, 0.05) is 25.2 Å². The maximum Gasteiger partial charge on any atom is 0.225 e. The van der Waals surface area contributed by atoms with Gasteiger partial charge in [-0.3, -0.25) is 4.79 Å². The van der Waals surface area contributed by atoms with Crippen molar-refractivity contribution in [3.05, 3.63) is 29.8 Å². The molecule has 1 amide bonds. The van der Waals surface area contributed by atoms with Crippen LogP contribution in [0.1, 0.15) is 31.7 Å². The molecule has 2 N–H and O–H groups in total. The topological polar surface area (TPSA) is 52.6 Å². The molecule has 1 rings (SSSR count). The van der Waals surface area contributed by atoms with Crippen LogP contribution in [-0.4, -0.2) is 42.7 Å². The summed E-state index contributed by atoms with van der Waals surface area (Å²) in [4.78, 5) is 13.7. The number of hydrogen-bond acceptors (Lipinski definition) is 3. The average Bonchev–Trinajstić information content (AvgIpc) is 2.37. The first kappa shape index (κ1) is 15.7. The van der Waals surface area contributed by atoms with Crippen molar-refractivity contribution >= 4 is 11.6 Å². The van der Waals surface area contributed by atoms with Crippen molar-refractivity contribution in [2.75, 3.05) is 32.1 Å². The molecule has 0 radical (unpaired) electrons. The van der Waals surface area contributed by atoms with Gasteiger partial charge in [0.2, 0.25) is 5.91 Å². The van der Waals surface area contributed by atoms with Gasteiger partial charge in [0.15, 0.2) is 0 Å². The van der Waals surface area contributed by atoms with Gasteiger partial charge in [-0.2, -0.15) is 0 Å². The molecule has 19 heavy (non-hydrogen) atoms. The number of likely N-dealkylation sites (N-methyl/N-ethyl adjacent to an activating group) is 1. The zero-order valence-electron chi connectivity index (χ0n) is 12.0. The summed E-state index contributed by atoms with van der Waals surface area (Å²) in [5.74, 6) is 0.457. The van der Waals surface area contributed by atoms with E-state index in [0.29, 0.717) is 25.4 Å². The third-order valence-corrected chi connectivity index (χ3v) is 3.04. The van der Waals surface area contributed by atoms with Crippen LogP contribution >= 0.6 is 0 Å². The minimum atomic E-state index is 0.00527. The average molecular weight is 264 g/mol. The highest BCUT2D eigenvalue weighted by Crippen LogP contribution is 2.18. The number of nitrogens with zero attached hydrogens (tertiary/aromatic N) is 1. The van der Waals surface area contributed by atoms with E-state index in [4.69, 9.17) is 5.11 Å². The number of benzene rings is 1. The molecule has 4 nitrogen and oxygen atoms in total. The van der Waals surface area contributed by atoms with Crippen molar-refractivity contribution in [1.29, 1.82) is 0 Å².